The minimum Gasteiger partial charge on any atom is -0.494 e. The summed E-state index contributed by atoms with van der Waals surface area (Å²) in [6.45, 7) is 4.93. The maximum Gasteiger partial charge on any atom is 0.315 e. The van der Waals surface area contributed by atoms with Crippen LogP contribution in [-0.2, 0) is 6.54 Å². The highest BCUT2D eigenvalue weighted by molar-refractivity contribution is 5.74. The van der Waals surface area contributed by atoms with Crippen LogP contribution in [0.1, 0.15) is 31.0 Å². The average Bonchev–Trinajstić information content (AvgIpc) is 2.61. The van der Waals surface area contributed by atoms with Crippen LogP contribution < -0.4 is 20.3 Å². The lowest BCUT2D eigenvalue weighted by atomic mass is 10.1. The van der Waals surface area contributed by atoms with Crippen LogP contribution in [0.15, 0.2) is 42.6 Å². The van der Waals surface area contributed by atoms with Gasteiger partial charge in [-0.25, -0.2) is 9.78 Å². The van der Waals surface area contributed by atoms with E-state index >= 15 is 0 Å². The number of urea groups is 1. The van der Waals surface area contributed by atoms with Crippen molar-refractivity contribution in [3.8, 4) is 5.75 Å². The number of hydrogen-bond donors (Lipinski definition) is 2. The van der Waals surface area contributed by atoms with Crippen LogP contribution in [0, 0.1) is 0 Å². The molecule has 0 fully saturated rings. The maximum absolute atomic E-state index is 12.1. The molecule has 6 nitrogen and oxygen atoms in total. The summed E-state index contributed by atoms with van der Waals surface area (Å²) in [6, 6.07) is 11.3. The fourth-order valence-corrected chi connectivity index (χ4v) is 2.34. The molecule has 1 aromatic carbocycles. The number of amides is 2. The second-order valence-electron chi connectivity index (χ2n) is 5.97. The first kappa shape index (κ1) is 18.6. The Bertz CT molecular complexity index is 686. The van der Waals surface area contributed by atoms with Crippen LogP contribution in [0.25, 0.3) is 0 Å². The Morgan fingerprint density at radius 3 is 2.72 bits per heavy atom. The highest BCUT2D eigenvalue weighted by Gasteiger charge is 2.10. The number of carbonyl (C=O) groups excluding carboxylic acids is 1. The number of nitrogens with zero attached hydrogens (tertiary/aromatic N) is 2. The zero-order chi connectivity index (χ0) is 18.2. The molecule has 134 valence electrons. The van der Waals surface area contributed by atoms with E-state index in [0.29, 0.717) is 13.2 Å². The maximum atomic E-state index is 12.1. The molecule has 0 saturated heterocycles. The van der Waals surface area contributed by atoms with Crippen molar-refractivity contribution in [3.63, 3.8) is 0 Å². The Hall–Kier alpha value is -2.76. The summed E-state index contributed by atoms with van der Waals surface area (Å²) in [5.74, 6) is 1.69. The predicted molar refractivity (Wildman–Crippen MR) is 100.0 cm³/mol. The molecule has 0 aliphatic heterocycles. The van der Waals surface area contributed by atoms with Gasteiger partial charge in [0.1, 0.15) is 11.6 Å². The van der Waals surface area contributed by atoms with Crippen molar-refractivity contribution in [2.75, 3.05) is 25.6 Å². The van der Waals surface area contributed by atoms with Gasteiger partial charge in [0.05, 0.1) is 12.6 Å². The van der Waals surface area contributed by atoms with Crippen molar-refractivity contribution in [2.45, 2.75) is 26.4 Å². The standard InChI is InChI=1S/C19H26N4O2/c1-5-25-17-8-6-7-16(11-17)14(2)22-19(24)21-13-15-9-10-18(20-12-15)23(3)4/h6-12,14H,5,13H2,1-4H3,(H2,21,22,24)/t14-/m0/s1. The van der Waals surface area contributed by atoms with Gasteiger partial charge in [0.2, 0.25) is 0 Å². The first-order valence-electron chi connectivity index (χ1n) is 8.39. The zero-order valence-electron chi connectivity index (χ0n) is 15.2. The number of carbonyl (C=O) groups is 1. The molecule has 1 atom stereocenters. The molecular weight excluding hydrogens is 316 g/mol. The summed E-state index contributed by atoms with van der Waals surface area (Å²) >= 11 is 0. The van der Waals surface area contributed by atoms with Crippen LogP contribution >= 0.6 is 0 Å². The molecule has 0 spiro atoms. The number of aromatic nitrogens is 1. The van der Waals surface area contributed by atoms with Gasteiger partial charge in [-0.15, -0.1) is 0 Å². The highest BCUT2D eigenvalue weighted by Crippen LogP contribution is 2.19. The second-order valence-corrected chi connectivity index (χ2v) is 5.97. The van der Waals surface area contributed by atoms with Crippen LogP contribution in [0.4, 0.5) is 10.6 Å². The number of ether oxygens (including phenoxy) is 1. The largest absolute Gasteiger partial charge is 0.494 e. The van der Waals surface area contributed by atoms with Crippen molar-refractivity contribution in [1.82, 2.24) is 15.6 Å². The van der Waals surface area contributed by atoms with Gasteiger partial charge in [0, 0.05) is 26.8 Å². The molecule has 25 heavy (non-hydrogen) atoms. The smallest absolute Gasteiger partial charge is 0.315 e. The van der Waals surface area contributed by atoms with Crippen molar-refractivity contribution >= 4 is 11.8 Å². The number of benzene rings is 1. The predicted octanol–water partition coefficient (Wildman–Crippen LogP) is 3.11. The molecule has 2 rings (SSSR count). The topological polar surface area (TPSA) is 66.5 Å². The van der Waals surface area contributed by atoms with Crippen molar-refractivity contribution in [2.24, 2.45) is 0 Å². The van der Waals surface area contributed by atoms with Gasteiger partial charge in [0.25, 0.3) is 0 Å². The molecule has 2 amide bonds. The summed E-state index contributed by atoms with van der Waals surface area (Å²) in [5.41, 5.74) is 1.95. The molecule has 0 unspecified atom stereocenters. The van der Waals surface area contributed by atoms with E-state index in [1.807, 2.05) is 69.2 Å². The lowest BCUT2D eigenvalue weighted by molar-refractivity contribution is 0.237. The molecule has 0 saturated carbocycles. The average molecular weight is 342 g/mol. The van der Waals surface area contributed by atoms with Crippen LogP contribution in [0.5, 0.6) is 5.75 Å². The van der Waals surface area contributed by atoms with E-state index in [1.165, 1.54) is 0 Å². The molecule has 1 aromatic heterocycles. The normalized spacial score (nSPS) is 11.5. The van der Waals surface area contributed by atoms with E-state index < -0.39 is 0 Å². The third-order valence-corrected chi connectivity index (χ3v) is 3.74. The Kier molecular flexibility index (Phi) is 6.62. The second kappa shape index (κ2) is 8.92. The number of hydrogen-bond acceptors (Lipinski definition) is 4. The Balaban J connectivity index is 1.86. The Morgan fingerprint density at radius 1 is 1.28 bits per heavy atom. The summed E-state index contributed by atoms with van der Waals surface area (Å²) in [4.78, 5) is 18.4. The lowest BCUT2D eigenvalue weighted by Gasteiger charge is -2.16. The van der Waals surface area contributed by atoms with Gasteiger partial charge >= 0.3 is 6.03 Å². The van der Waals surface area contributed by atoms with E-state index in [9.17, 15) is 4.79 Å². The van der Waals surface area contributed by atoms with Crippen LogP contribution in [0.2, 0.25) is 0 Å². The molecular formula is C19H26N4O2. The van der Waals surface area contributed by atoms with E-state index in [-0.39, 0.29) is 12.1 Å². The van der Waals surface area contributed by atoms with Crippen LogP contribution in [-0.4, -0.2) is 31.7 Å². The van der Waals surface area contributed by atoms with Crippen molar-refractivity contribution in [1.29, 1.82) is 0 Å². The SMILES string of the molecule is CCOc1cccc([C@H](C)NC(=O)NCc2ccc(N(C)C)nc2)c1. The number of nitrogens with one attached hydrogen (secondary N) is 2. The fraction of sp³-hybridized carbons (Fsp3) is 0.368. The fourth-order valence-electron chi connectivity index (χ4n) is 2.34. The third-order valence-electron chi connectivity index (χ3n) is 3.74. The van der Waals surface area contributed by atoms with Crippen LogP contribution in [0.3, 0.4) is 0 Å². The van der Waals surface area contributed by atoms with Gasteiger partial charge < -0.3 is 20.3 Å². The van der Waals surface area contributed by atoms with E-state index in [0.717, 1.165) is 22.7 Å². The molecule has 6 heteroatoms. The molecule has 1 heterocycles. The quantitative estimate of drug-likeness (QED) is 0.811. The molecule has 2 aromatic rings. The number of pyridine rings is 1. The van der Waals surface area contributed by atoms with E-state index in [4.69, 9.17) is 4.74 Å². The molecule has 0 aliphatic rings. The van der Waals surface area contributed by atoms with Gasteiger partial charge in [0.15, 0.2) is 0 Å². The third kappa shape index (κ3) is 5.67. The number of rotatable bonds is 7. The zero-order valence-corrected chi connectivity index (χ0v) is 15.2. The van der Waals surface area contributed by atoms with E-state index in [1.54, 1.807) is 6.20 Å². The molecule has 0 aliphatic carbocycles. The Labute approximate surface area is 149 Å². The monoisotopic (exact) mass is 342 g/mol. The first-order chi connectivity index (χ1) is 12.0. The van der Waals surface area contributed by atoms with Gasteiger partial charge in [-0.2, -0.15) is 0 Å². The number of anilines is 1. The summed E-state index contributed by atoms with van der Waals surface area (Å²) in [6.07, 6.45) is 1.77. The minimum absolute atomic E-state index is 0.116. The van der Waals surface area contributed by atoms with Gasteiger partial charge in [-0.3, -0.25) is 0 Å². The minimum atomic E-state index is -0.217. The molecule has 0 radical (unpaired) electrons. The molecule has 2 N–H and O–H groups in total. The van der Waals surface area contributed by atoms with Gasteiger partial charge in [-0.05, 0) is 43.2 Å². The summed E-state index contributed by atoms with van der Waals surface area (Å²) < 4.78 is 5.49. The lowest BCUT2D eigenvalue weighted by Crippen LogP contribution is -2.36. The Morgan fingerprint density at radius 2 is 2.08 bits per heavy atom. The highest BCUT2D eigenvalue weighted by atomic mass is 16.5. The van der Waals surface area contributed by atoms with Crippen molar-refractivity contribution in [3.05, 3.63) is 53.7 Å². The molecule has 0 bridgehead atoms. The van der Waals surface area contributed by atoms with Gasteiger partial charge in [-0.1, -0.05) is 18.2 Å². The summed E-state index contributed by atoms with van der Waals surface area (Å²) in [5, 5.41) is 5.78. The first-order valence-corrected chi connectivity index (χ1v) is 8.39. The van der Waals surface area contributed by atoms with Crippen molar-refractivity contribution < 1.29 is 9.53 Å². The summed E-state index contributed by atoms with van der Waals surface area (Å²) in [7, 11) is 3.88. The van der Waals surface area contributed by atoms with E-state index in [2.05, 4.69) is 15.6 Å².